The summed E-state index contributed by atoms with van der Waals surface area (Å²) in [5.41, 5.74) is 9.76. The van der Waals surface area contributed by atoms with Gasteiger partial charge in [0, 0.05) is 62.6 Å². The normalized spacial score (nSPS) is 11.6. The SMILES string of the molecule is c1ccc(-c2cc(-c3ccc(-c4cccc5c4sc4ccccc45)cc3-c3cccc4c3sc3ccccc34)nc(-c3ccccc3)n2)cc1. The molecule has 0 bridgehead atoms. The fourth-order valence-corrected chi connectivity index (χ4v) is 9.62. The first-order valence-electron chi connectivity index (χ1n) is 16.7. The highest BCUT2D eigenvalue weighted by molar-refractivity contribution is 7.26. The molecular formula is C46H28N2S2. The van der Waals surface area contributed by atoms with Crippen molar-refractivity contribution in [2.24, 2.45) is 0 Å². The minimum atomic E-state index is 0.715. The molecule has 3 heterocycles. The largest absolute Gasteiger partial charge is 0.228 e. The number of hydrogen-bond donors (Lipinski definition) is 0. The predicted molar refractivity (Wildman–Crippen MR) is 215 cm³/mol. The van der Waals surface area contributed by atoms with E-state index in [1.807, 2.05) is 46.9 Å². The van der Waals surface area contributed by atoms with Crippen LogP contribution in [-0.2, 0) is 0 Å². The Labute approximate surface area is 297 Å². The van der Waals surface area contributed by atoms with Gasteiger partial charge in [0.1, 0.15) is 0 Å². The molecule has 0 radical (unpaired) electrons. The second kappa shape index (κ2) is 11.9. The summed E-state index contributed by atoms with van der Waals surface area (Å²) in [5.74, 6) is 0.715. The van der Waals surface area contributed by atoms with E-state index in [0.717, 1.165) is 33.6 Å². The van der Waals surface area contributed by atoms with Crippen molar-refractivity contribution in [1.29, 1.82) is 0 Å². The number of rotatable bonds is 5. The number of nitrogens with zero attached hydrogens (tertiary/aromatic N) is 2. The molecule has 0 aliphatic carbocycles. The van der Waals surface area contributed by atoms with Crippen LogP contribution in [0.2, 0.25) is 0 Å². The molecule has 234 valence electrons. The summed E-state index contributed by atoms with van der Waals surface area (Å²) < 4.78 is 5.20. The van der Waals surface area contributed by atoms with Crippen LogP contribution in [0.1, 0.15) is 0 Å². The van der Waals surface area contributed by atoms with Gasteiger partial charge >= 0.3 is 0 Å². The van der Waals surface area contributed by atoms with Crippen LogP contribution in [0.25, 0.3) is 96.5 Å². The molecule has 0 saturated heterocycles. The Kier molecular flexibility index (Phi) is 6.90. The van der Waals surface area contributed by atoms with Crippen molar-refractivity contribution in [3.8, 4) is 56.2 Å². The monoisotopic (exact) mass is 672 g/mol. The zero-order valence-corrected chi connectivity index (χ0v) is 28.5. The first kappa shape index (κ1) is 29.0. The lowest BCUT2D eigenvalue weighted by molar-refractivity contribution is 1.18. The lowest BCUT2D eigenvalue weighted by Crippen LogP contribution is -1.97. The fraction of sp³-hybridized carbons (Fsp3) is 0. The van der Waals surface area contributed by atoms with Crippen molar-refractivity contribution < 1.29 is 0 Å². The van der Waals surface area contributed by atoms with Gasteiger partial charge in [0.15, 0.2) is 5.82 Å². The van der Waals surface area contributed by atoms with Gasteiger partial charge in [-0.05, 0) is 41.0 Å². The second-order valence-corrected chi connectivity index (χ2v) is 14.6. The molecule has 0 atom stereocenters. The van der Waals surface area contributed by atoms with Crippen molar-refractivity contribution in [1.82, 2.24) is 9.97 Å². The fourth-order valence-electron chi connectivity index (χ4n) is 7.15. The molecule has 2 nitrogen and oxygen atoms in total. The molecule has 50 heavy (non-hydrogen) atoms. The molecule has 0 fully saturated rings. The van der Waals surface area contributed by atoms with Gasteiger partial charge in [-0.3, -0.25) is 0 Å². The van der Waals surface area contributed by atoms with Crippen LogP contribution < -0.4 is 0 Å². The molecule has 7 aromatic carbocycles. The van der Waals surface area contributed by atoms with Crippen LogP contribution >= 0.6 is 22.7 Å². The van der Waals surface area contributed by atoms with Crippen LogP contribution in [0.4, 0.5) is 0 Å². The summed E-state index contributed by atoms with van der Waals surface area (Å²) >= 11 is 3.74. The minimum absolute atomic E-state index is 0.715. The van der Waals surface area contributed by atoms with Gasteiger partial charge < -0.3 is 0 Å². The summed E-state index contributed by atoms with van der Waals surface area (Å²) in [7, 11) is 0. The molecule has 0 aliphatic rings. The highest BCUT2D eigenvalue weighted by atomic mass is 32.1. The quantitative estimate of drug-likeness (QED) is 0.182. The Bertz CT molecular complexity index is 2810. The van der Waals surface area contributed by atoms with E-state index in [2.05, 4.69) is 146 Å². The van der Waals surface area contributed by atoms with E-state index in [0.29, 0.717) is 5.82 Å². The lowest BCUT2D eigenvalue weighted by Gasteiger charge is -2.16. The molecule has 3 aromatic heterocycles. The van der Waals surface area contributed by atoms with E-state index in [1.165, 1.54) is 57.0 Å². The summed E-state index contributed by atoms with van der Waals surface area (Å²) in [6, 6.07) is 60.7. The van der Waals surface area contributed by atoms with Crippen molar-refractivity contribution in [3.63, 3.8) is 0 Å². The van der Waals surface area contributed by atoms with Gasteiger partial charge in [-0.25, -0.2) is 9.97 Å². The molecule has 0 unspecified atom stereocenters. The third kappa shape index (κ3) is 4.84. The highest BCUT2D eigenvalue weighted by Gasteiger charge is 2.19. The van der Waals surface area contributed by atoms with Crippen LogP contribution in [0.3, 0.4) is 0 Å². The van der Waals surface area contributed by atoms with Crippen molar-refractivity contribution in [2.75, 3.05) is 0 Å². The number of benzene rings is 7. The van der Waals surface area contributed by atoms with E-state index >= 15 is 0 Å². The third-order valence-electron chi connectivity index (χ3n) is 9.53. The molecule has 10 rings (SSSR count). The molecule has 0 amide bonds. The molecule has 4 heteroatoms. The average Bonchev–Trinajstić information content (AvgIpc) is 3.77. The van der Waals surface area contributed by atoms with E-state index in [-0.39, 0.29) is 0 Å². The zero-order chi connectivity index (χ0) is 33.0. The van der Waals surface area contributed by atoms with Crippen molar-refractivity contribution in [3.05, 3.63) is 170 Å². The van der Waals surface area contributed by atoms with Gasteiger partial charge in [0.25, 0.3) is 0 Å². The number of aromatic nitrogens is 2. The van der Waals surface area contributed by atoms with Crippen LogP contribution in [-0.4, -0.2) is 9.97 Å². The topological polar surface area (TPSA) is 25.8 Å². The van der Waals surface area contributed by atoms with Gasteiger partial charge in [-0.1, -0.05) is 146 Å². The van der Waals surface area contributed by atoms with Gasteiger partial charge in [-0.2, -0.15) is 0 Å². The maximum Gasteiger partial charge on any atom is 0.160 e. The van der Waals surface area contributed by atoms with Gasteiger partial charge in [0.2, 0.25) is 0 Å². The molecule has 0 spiro atoms. The Morgan fingerprint density at radius 1 is 0.320 bits per heavy atom. The Morgan fingerprint density at radius 2 is 0.860 bits per heavy atom. The average molecular weight is 673 g/mol. The summed E-state index contributed by atoms with van der Waals surface area (Å²) in [5, 5.41) is 5.19. The standard InChI is InChI=1S/C46H28N2S2/c1-3-13-29(14-4-1)40-28-41(48-46(47-40)30-15-5-2-6-16-30)33-26-25-31(32-19-11-20-36-34-17-7-9-23-42(34)49-44(32)36)27-39(33)38-22-12-21-37-35-18-8-10-24-43(35)50-45(37)38/h1-28H. The maximum absolute atomic E-state index is 5.28. The van der Waals surface area contributed by atoms with Gasteiger partial charge in [0.05, 0.1) is 11.4 Å². The van der Waals surface area contributed by atoms with E-state index in [4.69, 9.17) is 9.97 Å². The summed E-state index contributed by atoms with van der Waals surface area (Å²) in [6.45, 7) is 0. The van der Waals surface area contributed by atoms with Crippen LogP contribution in [0.5, 0.6) is 0 Å². The Balaban J connectivity index is 1.26. The van der Waals surface area contributed by atoms with Gasteiger partial charge in [-0.15, -0.1) is 22.7 Å². The van der Waals surface area contributed by atoms with Crippen LogP contribution in [0.15, 0.2) is 170 Å². The molecular weight excluding hydrogens is 645 g/mol. The predicted octanol–water partition coefficient (Wildman–Crippen LogP) is 13.5. The summed E-state index contributed by atoms with van der Waals surface area (Å²) in [6.07, 6.45) is 0. The van der Waals surface area contributed by atoms with E-state index < -0.39 is 0 Å². The first-order chi connectivity index (χ1) is 24.8. The molecule has 0 aliphatic heterocycles. The first-order valence-corrected chi connectivity index (χ1v) is 18.4. The maximum atomic E-state index is 5.28. The molecule has 0 saturated carbocycles. The number of thiophene rings is 2. The highest BCUT2D eigenvalue weighted by Crippen LogP contribution is 2.46. The minimum Gasteiger partial charge on any atom is -0.228 e. The van der Waals surface area contributed by atoms with E-state index in [1.54, 1.807) is 0 Å². The van der Waals surface area contributed by atoms with Crippen LogP contribution in [0, 0.1) is 0 Å². The number of hydrogen-bond acceptors (Lipinski definition) is 4. The van der Waals surface area contributed by atoms with E-state index in [9.17, 15) is 0 Å². The Hall–Kier alpha value is -5.94. The Morgan fingerprint density at radius 3 is 1.54 bits per heavy atom. The summed E-state index contributed by atoms with van der Waals surface area (Å²) in [4.78, 5) is 10.4. The third-order valence-corrected chi connectivity index (χ3v) is 12.0. The molecule has 0 N–H and O–H groups in total. The lowest BCUT2D eigenvalue weighted by atomic mass is 9.91. The second-order valence-electron chi connectivity index (χ2n) is 12.5. The molecule has 10 aromatic rings. The smallest absolute Gasteiger partial charge is 0.160 e. The van der Waals surface area contributed by atoms with Crippen molar-refractivity contribution >= 4 is 63.0 Å². The van der Waals surface area contributed by atoms with Crippen molar-refractivity contribution in [2.45, 2.75) is 0 Å². The zero-order valence-electron chi connectivity index (χ0n) is 26.9. The number of fused-ring (bicyclic) bond motifs is 6.